The summed E-state index contributed by atoms with van der Waals surface area (Å²) in [6.07, 6.45) is 0. The molecule has 0 aromatic heterocycles. The fourth-order valence-corrected chi connectivity index (χ4v) is 1.88. The van der Waals surface area contributed by atoms with Crippen LogP contribution in [0.15, 0.2) is 16.6 Å². The molecule has 1 rings (SSSR count). The van der Waals surface area contributed by atoms with Gasteiger partial charge in [0.15, 0.2) is 5.78 Å². The van der Waals surface area contributed by atoms with Gasteiger partial charge in [0.2, 0.25) is 0 Å². The first-order valence-electron chi connectivity index (χ1n) is 3.91. The van der Waals surface area contributed by atoms with Crippen LogP contribution in [-0.4, -0.2) is 12.9 Å². The molecule has 0 heterocycles. The Balaban J connectivity index is 3.30. The summed E-state index contributed by atoms with van der Waals surface area (Å²) in [5, 5.41) is 0. The summed E-state index contributed by atoms with van der Waals surface area (Å²) in [4.78, 5) is 11.2. The zero-order valence-electron chi connectivity index (χ0n) is 7.85. The molecule has 1 aromatic rings. The van der Waals surface area contributed by atoms with E-state index in [0.29, 0.717) is 5.56 Å². The van der Waals surface area contributed by atoms with E-state index in [1.165, 1.54) is 6.92 Å². The van der Waals surface area contributed by atoms with E-state index in [1.807, 2.05) is 13.0 Å². The molecular weight excluding hydrogens is 232 g/mol. The maximum atomic E-state index is 11.2. The van der Waals surface area contributed by atoms with Crippen molar-refractivity contribution >= 4 is 21.7 Å². The fourth-order valence-electron chi connectivity index (χ4n) is 1.14. The van der Waals surface area contributed by atoms with Crippen LogP contribution in [-0.2, 0) is 0 Å². The van der Waals surface area contributed by atoms with Crippen molar-refractivity contribution in [1.82, 2.24) is 0 Å². The maximum absolute atomic E-state index is 11.2. The molecule has 1 aromatic carbocycles. The minimum atomic E-state index is 0.0326. The quantitative estimate of drug-likeness (QED) is 0.746. The molecule has 0 radical (unpaired) electrons. The smallest absolute Gasteiger partial charge is 0.161 e. The third-order valence-electron chi connectivity index (χ3n) is 1.86. The number of carbonyl (C=O) groups excluding carboxylic acids is 1. The van der Waals surface area contributed by atoms with Crippen molar-refractivity contribution in [2.45, 2.75) is 13.8 Å². The number of aryl methyl sites for hydroxylation is 1. The molecule has 0 fully saturated rings. The molecule has 0 aliphatic heterocycles. The summed E-state index contributed by atoms with van der Waals surface area (Å²) in [5.41, 5.74) is 1.67. The molecule has 0 unspecified atom stereocenters. The molecule has 3 heteroatoms. The van der Waals surface area contributed by atoms with Crippen LogP contribution in [0.4, 0.5) is 0 Å². The number of carbonyl (C=O) groups is 1. The van der Waals surface area contributed by atoms with E-state index < -0.39 is 0 Å². The lowest BCUT2D eigenvalue weighted by Gasteiger charge is -2.07. The number of ketones is 1. The number of hydrogen-bond acceptors (Lipinski definition) is 2. The van der Waals surface area contributed by atoms with Crippen molar-refractivity contribution in [3.05, 3.63) is 27.7 Å². The fraction of sp³-hybridized carbons (Fsp3) is 0.300. The number of benzene rings is 1. The molecule has 0 spiro atoms. The Labute approximate surface area is 86.0 Å². The van der Waals surface area contributed by atoms with E-state index in [4.69, 9.17) is 4.74 Å². The molecule has 0 atom stereocenters. The van der Waals surface area contributed by atoms with Crippen LogP contribution in [0.25, 0.3) is 0 Å². The van der Waals surface area contributed by atoms with Gasteiger partial charge in [0.25, 0.3) is 0 Å². The van der Waals surface area contributed by atoms with Gasteiger partial charge in [-0.1, -0.05) is 15.9 Å². The Morgan fingerprint density at radius 1 is 1.46 bits per heavy atom. The zero-order chi connectivity index (χ0) is 10.0. The minimum Gasteiger partial charge on any atom is -0.496 e. The third-order valence-corrected chi connectivity index (χ3v) is 2.52. The van der Waals surface area contributed by atoms with Crippen LogP contribution < -0.4 is 4.74 Å². The monoisotopic (exact) mass is 242 g/mol. The van der Waals surface area contributed by atoms with Gasteiger partial charge in [-0.05, 0) is 31.5 Å². The largest absolute Gasteiger partial charge is 0.496 e. The Morgan fingerprint density at radius 2 is 2.08 bits per heavy atom. The molecule has 0 saturated heterocycles. The average Bonchev–Trinajstić information content (AvgIpc) is 2.03. The van der Waals surface area contributed by atoms with E-state index in [1.54, 1.807) is 13.2 Å². The second-order valence-electron chi connectivity index (χ2n) is 2.86. The van der Waals surface area contributed by atoms with E-state index in [-0.39, 0.29) is 5.78 Å². The number of hydrogen-bond donors (Lipinski definition) is 0. The van der Waals surface area contributed by atoms with Gasteiger partial charge < -0.3 is 4.74 Å². The molecule has 0 aliphatic carbocycles. The predicted molar refractivity (Wildman–Crippen MR) is 55.4 cm³/mol. The normalized spacial score (nSPS) is 9.85. The maximum Gasteiger partial charge on any atom is 0.161 e. The van der Waals surface area contributed by atoms with Crippen molar-refractivity contribution in [3.63, 3.8) is 0 Å². The molecular formula is C10H11BrO2. The molecule has 2 nitrogen and oxygen atoms in total. The van der Waals surface area contributed by atoms with Crippen molar-refractivity contribution in [2.75, 3.05) is 7.11 Å². The lowest BCUT2D eigenvalue weighted by molar-refractivity contribution is 0.101. The lowest BCUT2D eigenvalue weighted by Crippen LogP contribution is -1.96. The summed E-state index contributed by atoms with van der Waals surface area (Å²) in [6.45, 7) is 3.47. The second kappa shape index (κ2) is 3.92. The van der Waals surface area contributed by atoms with Gasteiger partial charge in [0.05, 0.1) is 7.11 Å². The highest BCUT2D eigenvalue weighted by molar-refractivity contribution is 9.10. The SMILES string of the molecule is COc1cc(C(C)=O)c(Br)cc1C. The molecule has 13 heavy (non-hydrogen) atoms. The molecule has 0 bridgehead atoms. The Bertz CT molecular complexity index is 345. The van der Waals surface area contributed by atoms with Gasteiger partial charge in [-0.25, -0.2) is 0 Å². The van der Waals surface area contributed by atoms with Crippen molar-refractivity contribution in [2.24, 2.45) is 0 Å². The van der Waals surface area contributed by atoms with Crippen molar-refractivity contribution in [3.8, 4) is 5.75 Å². The molecule has 0 aliphatic rings. The molecule has 0 N–H and O–H groups in total. The van der Waals surface area contributed by atoms with E-state index >= 15 is 0 Å². The van der Waals surface area contributed by atoms with Crippen LogP contribution >= 0.6 is 15.9 Å². The summed E-state index contributed by atoms with van der Waals surface area (Å²) < 4.78 is 5.94. The first-order valence-corrected chi connectivity index (χ1v) is 4.70. The summed E-state index contributed by atoms with van der Waals surface area (Å²) in [6, 6.07) is 3.64. The Kier molecular flexibility index (Phi) is 3.09. The minimum absolute atomic E-state index is 0.0326. The number of Topliss-reactive ketones (excluding diaryl/α,β-unsaturated/α-hetero) is 1. The van der Waals surface area contributed by atoms with E-state index in [9.17, 15) is 4.79 Å². The summed E-state index contributed by atoms with van der Waals surface area (Å²) in [5.74, 6) is 0.776. The lowest BCUT2D eigenvalue weighted by atomic mass is 10.1. The second-order valence-corrected chi connectivity index (χ2v) is 3.71. The van der Waals surface area contributed by atoms with Crippen LogP contribution in [0.2, 0.25) is 0 Å². The van der Waals surface area contributed by atoms with Crippen LogP contribution in [0.1, 0.15) is 22.8 Å². The number of rotatable bonds is 2. The number of methoxy groups -OCH3 is 1. The zero-order valence-corrected chi connectivity index (χ0v) is 9.44. The highest BCUT2D eigenvalue weighted by atomic mass is 79.9. The van der Waals surface area contributed by atoms with Gasteiger partial charge >= 0.3 is 0 Å². The highest BCUT2D eigenvalue weighted by Gasteiger charge is 2.08. The number of halogens is 1. The number of ether oxygens (including phenoxy) is 1. The molecule has 0 amide bonds. The van der Waals surface area contributed by atoms with Gasteiger partial charge in [-0.2, -0.15) is 0 Å². The van der Waals surface area contributed by atoms with Gasteiger partial charge in [-0.15, -0.1) is 0 Å². The average molecular weight is 243 g/mol. The summed E-state index contributed by atoms with van der Waals surface area (Å²) in [7, 11) is 1.60. The van der Waals surface area contributed by atoms with Crippen molar-refractivity contribution < 1.29 is 9.53 Å². The predicted octanol–water partition coefficient (Wildman–Crippen LogP) is 2.97. The van der Waals surface area contributed by atoms with Gasteiger partial charge in [-0.3, -0.25) is 4.79 Å². The van der Waals surface area contributed by atoms with Gasteiger partial charge in [0.1, 0.15) is 5.75 Å². The Morgan fingerprint density at radius 3 is 2.54 bits per heavy atom. The first-order chi connectivity index (χ1) is 6.06. The van der Waals surface area contributed by atoms with Crippen molar-refractivity contribution in [1.29, 1.82) is 0 Å². The Hall–Kier alpha value is -0.830. The van der Waals surface area contributed by atoms with E-state index in [2.05, 4.69) is 15.9 Å². The standard InChI is InChI=1S/C10H11BrO2/c1-6-4-9(11)8(7(2)12)5-10(6)13-3/h4-5H,1-3H3. The van der Waals surface area contributed by atoms with Gasteiger partial charge in [0, 0.05) is 10.0 Å². The van der Waals surface area contributed by atoms with Crippen LogP contribution in [0.5, 0.6) is 5.75 Å². The third kappa shape index (κ3) is 2.10. The highest BCUT2D eigenvalue weighted by Crippen LogP contribution is 2.26. The van der Waals surface area contributed by atoms with Crippen LogP contribution in [0.3, 0.4) is 0 Å². The first kappa shape index (κ1) is 10.3. The van der Waals surface area contributed by atoms with E-state index in [0.717, 1.165) is 15.8 Å². The molecule has 70 valence electrons. The van der Waals surface area contributed by atoms with Crippen LogP contribution in [0, 0.1) is 6.92 Å². The summed E-state index contributed by atoms with van der Waals surface area (Å²) >= 11 is 3.33. The molecule has 0 saturated carbocycles. The topological polar surface area (TPSA) is 26.3 Å².